The second-order valence-corrected chi connectivity index (χ2v) is 15.1. The molecule has 0 bridgehead atoms. The van der Waals surface area contributed by atoms with Gasteiger partial charge in [0.15, 0.2) is 0 Å². The van der Waals surface area contributed by atoms with E-state index in [2.05, 4.69) is 16.0 Å². The molecule has 0 saturated heterocycles. The minimum absolute atomic E-state index is 0.0728. The maximum absolute atomic E-state index is 8.48. The first-order chi connectivity index (χ1) is 49.5. The number of anilines is 6. The quantitative estimate of drug-likeness (QED) is 0.121. The molecule has 3 nitrogen and oxygen atoms in total. The van der Waals surface area contributed by atoms with E-state index in [-0.39, 0.29) is 52.6 Å². The monoisotopic (exact) mass is 970 g/mol. The van der Waals surface area contributed by atoms with E-state index in [0.717, 1.165) is 33.3 Å². The molecule has 0 heterocycles. The first kappa shape index (κ1) is 22.6. The SMILES string of the molecule is [2H]c1c([2H])c([2H])c(-c2c([2H])c([2H])c(Nc3c([2H])c([2H])c(-c4c([2H])c([2H])c([2H])c([2H])c4[2H])c([2H])c3[2H])c([2H])c2[2H])c([2H])c1[2H].[2H]c1c([2H])c([2H])c(-c2c([2H])c([2H])c(Nc3cccc(-c4ccccc4)c3)c([2H])c2[2H])c([2H])c1[2H].[2H]c1c([2H])c([2H])c(-c2ccc(Nc3ccccc3)c3ccccc23)c([2H])c1[2H]. The number of fused-ring (bicyclic) bond motifs is 1. The van der Waals surface area contributed by atoms with E-state index in [0.29, 0.717) is 11.3 Å². The summed E-state index contributed by atoms with van der Waals surface area (Å²) in [4.78, 5) is 0. The van der Waals surface area contributed by atoms with Gasteiger partial charge in [-0.3, -0.25) is 0 Å². The van der Waals surface area contributed by atoms with Gasteiger partial charge >= 0.3 is 0 Å². The Kier molecular flexibility index (Phi) is 7.35. The van der Waals surface area contributed by atoms with Crippen molar-refractivity contribution in [3.63, 3.8) is 0 Å². The number of nitrogens with one attached hydrogen (secondary N) is 3. The molecule has 0 aliphatic carbocycles. The highest BCUT2D eigenvalue weighted by Crippen LogP contribution is 2.35. The van der Waals surface area contributed by atoms with Crippen LogP contribution in [0.15, 0.2) is 315 Å². The minimum Gasteiger partial charge on any atom is -0.356 e. The molecule has 0 fully saturated rings. The van der Waals surface area contributed by atoms with Gasteiger partial charge in [-0.15, -0.1) is 0 Å². The predicted molar refractivity (Wildman–Crippen MR) is 313 cm³/mol. The molecule has 12 aromatic carbocycles. The second-order valence-electron chi connectivity index (χ2n) is 15.1. The standard InChI is InChI=1S/2C24H19N.C22H17N/c1-3-8-19(9-4-1)21-14-16-23(17-15-21)25-24-13-7-12-22(18-24)20-10-5-2-6-11-20;1-3-7-19(8-4-1)21-11-15-23(16-12-21)25-24-17-13-22(14-18-24)20-9-5-2-6-10-20;1-3-9-17(10-4-1)19-15-16-22(21-14-8-7-13-20(19)21)23-18-11-5-2-6-12-18/h2*1-18,25H;1-16,23H/i1D,3D,4D,8D,9D,14D,15D,16D,17D;1D,2D,3D,4D,5D,6D,7D,8D,9D,10D,11D,12D,13D,14D,15D,16D,17D,18D;1D,3D,4D,9D,10D. The van der Waals surface area contributed by atoms with Gasteiger partial charge in [-0.25, -0.2) is 0 Å². The summed E-state index contributed by atoms with van der Waals surface area (Å²) in [6.45, 7) is 0. The molecule has 3 N–H and O–H groups in total. The van der Waals surface area contributed by atoms with Crippen molar-refractivity contribution < 1.29 is 43.9 Å². The number of para-hydroxylation sites is 1. The molecule has 0 radical (unpaired) electrons. The van der Waals surface area contributed by atoms with Gasteiger partial charge in [0.05, 0.1) is 43.9 Å². The molecular formula is C70H55N3. The Hall–Kier alpha value is -9.70. The van der Waals surface area contributed by atoms with Crippen LogP contribution in [0.2, 0.25) is 0 Å². The largest absolute Gasteiger partial charge is 0.356 e. The zero-order valence-corrected chi connectivity index (χ0v) is 38.0. The summed E-state index contributed by atoms with van der Waals surface area (Å²) in [6.07, 6.45) is 0. The van der Waals surface area contributed by atoms with Crippen LogP contribution in [0.4, 0.5) is 34.1 Å². The van der Waals surface area contributed by atoms with Crippen LogP contribution in [0.25, 0.3) is 66.4 Å². The van der Waals surface area contributed by atoms with Crippen LogP contribution in [-0.2, 0) is 0 Å². The van der Waals surface area contributed by atoms with Gasteiger partial charge in [0, 0.05) is 39.5 Å². The predicted octanol–water partition coefficient (Wildman–Crippen LogP) is 19.8. The summed E-state index contributed by atoms with van der Waals surface area (Å²) in [5, 5.41) is 10.5. The van der Waals surface area contributed by atoms with Crippen molar-refractivity contribution in [2.45, 2.75) is 0 Å². The van der Waals surface area contributed by atoms with Gasteiger partial charge in [0.25, 0.3) is 0 Å². The molecule has 350 valence electrons. The van der Waals surface area contributed by atoms with E-state index in [9.17, 15) is 0 Å². The van der Waals surface area contributed by atoms with Crippen LogP contribution in [-0.4, -0.2) is 0 Å². The van der Waals surface area contributed by atoms with Crippen molar-refractivity contribution in [2.24, 2.45) is 0 Å². The Morgan fingerprint density at radius 3 is 1.07 bits per heavy atom. The van der Waals surface area contributed by atoms with Crippen molar-refractivity contribution in [1.82, 2.24) is 0 Å². The van der Waals surface area contributed by atoms with Crippen LogP contribution in [0.5, 0.6) is 0 Å². The van der Waals surface area contributed by atoms with Gasteiger partial charge in [0.2, 0.25) is 0 Å². The third kappa shape index (κ3) is 12.6. The summed E-state index contributed by atoms with van der Waals surface area (Å²) in [6, 6.07) is 17.9. The zero-order valence-electron chi connectivity index (χ0n) is 70.0. The summed E-state index contributed by atoms with van der Waals surface area (Å²) in [5.74, 6) is 0. The highest BCUT2D eigenvalue weighted by molar-refractivity contribution is 6.04. The summed E-state index contributed by atoms with van der Waals surface area (Å²) in [7, 11) is 0. The van der Waals surface area contributed by atoms with E-state index < -0.39 is 197 Å². The molecule has 0 unspecified atom stereocenters. The Bertz CT molecular complexity index is 5220. The third-order valence-corrected chi connectivity index (χ3v) is 10.4. The van der Waals surface area contributed by atoms with E-state index in [1.165, 1.54) is 0 Å². The van der Waals surface area contributed by atoms with Crippen LogP contribution in [0.3, 0.4) is 0 Å². The van der Waals surface area contributed by atoms with Crippen LogP contribution in [0.1, 0.15) is 43.9 Å². The van der Waals surface area contributed by atoms with E-state index in [1.54, 1.807) is 6.07 Å². The van der Waals surface area contributed by atoms with Crippen LogP contribution < -0.4 is 16.0 Å². The van der Waals surface area contributed by atoms with Gasteiger partial charge in [-0.05, 0) is 128 Å². The van der Waals surface area contributed by atoms with Gasteiger partial charge in [0.1, 0.15) is 0 Å². The average Bonchev–Trinajstić information content (AvgIpc) is 0.752. The molecular weight excluding hydrogens is 883 g/mol. The molecule has 0 spiro atoms. The molecule has 12 rings (SSSR count). The number of benzene rings is 12. The lowest BCUT2D eigenvalue weighted by atomic mass is 9.97. The van der Waals surface area contributed by atoms with Crippen molar-refractivity contribution in [1.29, 1.82) is 0 Å². The highest BCUT2D eigenvalue weighted by atomic mass is 14.9. The lowest BCUT2D eigenvalue weighted by Gasteiger charge is -2.13. The van der Waals surface area contributed by atoms with Crippen LogP contribution >= 0.6 is 0 Å². The van der Waals surface area contributed by atoms with Crippen molar-refractivity contribution >= 4 is 44.9 Å². The number of hydrogen-bond donors (Lipinski definition) is 3. The molecule has 0 aromatic heterocycles. The molecule has 3 heteroatoms. The second kappa shape index (κ2) is 23.7. The maximum atomic E-state index is 8.48. The molecule has 12 aromatic rings. The summed E-state index contributed by atoms with van der Waals surface area (Å²) < 4.78 is 262. The Labute approximate surface area is 474 Å². The first-order valence-electron chi connectivity index (χ1n) is 38.1. The lowest BCUT2D eigenvalue weighted by molar-refractivity contribution is 1.53. The third-order valence-electron chi connectivity index (χ3n) is 10.4. The number of rotatable bonds is 11. The normalized spacial score (nSPS) is 16.6. The summed E-state index contributed by atoms with van der Waals surface area (Å²) in [5.41, 5.74) is 0.792. The molecule has 0 aliphatic heterocycles. The highest BCUT2D eigenvalue weighted by Gasteiger charge is 2.08. The fourth-order valence-electron chi connectivity index (χ4n) is 6.99. The fourth-order valence-corrected chi connectivity index (χ4v) is 6.99. The summed E-state index contributed by atoms with van der Waals surface area (Å²) >= 11 is 0. The number of hydrogen-bond acceptors (Lipinski definition) is 3. The fraction of sp³-hybridized carbons (Fsp3) is 0. The minimum atomic E-state index is -0.812. The molecule has 0 aliphatic rings. The topological polar surface area (TPSA) is 36.1 Å². The van der Waals surface area contributed by atoms with E-state index in [1.807, 2.05) is 115 Å². The maximum Gasteiger partial charge on any atom is 0.0645 e. The van der Waals surface area contributed by atoms with Gasteiger partial charge < -0.3 is 16.0 Å². The lowest BCUT2D eigenvalue weighted by Crippen LogP contribution is -1.92. The van der Waals surface area contributed by atoms with Crippen molar-refractivity contribution in [2.75, 3.05) is 16.0 Å². The Morgan fingerprint density at radius 2 is 0.589 bits per heavy atom. The first-order valence-corrected chi connectivity index (χ1v) is 22.1. The zero-order chi connectivity index (χ0) is 77.1. The Balaban J connectivity index is 0.000000173. The van der Waals surface area contributed by atoms with Gasteiger partial charge in [-0.2, -0.15) is 0 Å². The average molecular weight is 970 g/mol. The molecule has 0 saturated carbocycles. The smallest absolute Gasteiger partial charge is 0.0645 e. The van der Waals surface area contributed by atoms with Gasteiger partial charge in [-0.1, -0.05) is 248 Å². The molecule has 0 atom stereocenters. The van der Waals surface area contributed by atoms with Crippen molar-refractivity contribution in [3.05, 3.63) is 315 Å². The van der Waals surface area contributed by atoms with E-state index in [4.69, 9.17) is 43.9 Å². The van der Waals surface area contributed by atoms with Crippen LogP contribution in [0, 0.1) is 0 Å². The molecule has 0 amide bonds. The molecule has 73 heavy (non-hydrogen) atoms. The van der Waals surface area contributed by atoms with E-state index >= 15 is 0 Å². The van der Waals surface area contributed by atoms with Crippen molar-refractivity contribution in [3.8, 4) is 55.6 Å². The Morgan fingerprint density at radius 1 is 0.219 bits per heavy atom.